The van der Waals surface area contributed by atoms with Crippen LogP contribution in [0.1, 0.15) is 5.69 Å². The highest BCUT2D eigenvalue weighted by atomic mass is 35.7. The fraction of sp³-hybridized carbons (Fsp3) is 0.111. The van der Waals surface area contributed by atoms with Crippen molar-refractivity contribution in [3.63, 3.8) is 0 Å². The quantitative estimate of drug-likeness (QED) is 0.805. The van der Waals surface area contributed by atoms with Crippen molar-refractivity contribution < 1.29 is 8.42 Å². The van der Waals surface area contributed by atoms with E-state index in [9.17, 15) is 8.42 Å². The standard InChI is InChI=1S/C9H7Cl2NO2S/c1-5-9(15(11,13)14)8-6(10)3-2-4-7(8)12-5/h2-4,12H,1H3. The maximum absolute atomic E-state index is 11.4. The van der Waals surface area contributed by atoms with Gasteiger partial charge < -0.3 is 4.98 Å². The summed E-state index contributed by atoms with van der Waals surface area (Å²) in [6, 6.07) is 5.12. The Morgan fingerprint density at radius 2 is 2.00 bits per heavy atom. The van der Waals surface area contributed by atoms with Crippen molar-refractivity contribution in [2.75, 3.05) is 0 Å². The zero-order valence-corrected chi connectivity index (χ0v) is 10.0. The molecule has 6 heteroatoms. The van der Waals surface area contributed by atoms with Gasteiger partial charge in [-0.05, 0) is 19.1 Å². The van der Waals surface area contributed by atoms with E-state index in [0.717, 1.165) is 0 Å². The molecule has 1 aromatic carbocycles. The Morgan fingerprint density at radius 3 is 2.60 bits per heavy atom. The molecule has 0 bridgehead atoms. The number of nitrogens with one attached hydrogen (secondary N) is 1. The van der Waals surface area contributed by atoms with Gasteiger partial charge in [0.15, 0.2) is 0 Å². The lowest BCUT2D eigenvalue weighted by molar-refractivity contribution is 0.610. The molecule has 1 N–H and O–H groups in total. The molecule has 0 radical (unpaired) electrons. The molecule has 0 saturated heterocycles. The molecule has 0 aliphatic rings. The molecule has 0 fully saturated rings. The number of hydrogen-bond donors (Lipinski definition) is 1. The second kappa shape index (κ2) is 3.40. The van der Waals surface area contributed by atoms with Crippen LogP contribution in [0.3, 0.4) is 0 Å². The Labute approximate surface area is 96.4 Å². The number of aromatic nitrogens is 1. The summed E-state index contributed by atoms with van der Waals surface area (Å²) in [4.78, 5) is 2.99. The lowest BCUT2D eigenvalue weighted by atomic mass is 10.2. The molecular formula is C9H7Cl2NO2S. The van der Waals surface area contributed by atoms with Gasteiger partial charge >= 0.3 is 0 Å². The van der Waals surface area contributed by atoms with Gasteiger partial charge in [-0.2, -0.15) is 0 Å². The summed E-state index contributed by atoms with van der Waals surface area (Å²) in [7, 11) is 1.57. The van der Waals surface area contributed by atoms with Crippen LogP contribution in [-0.4, -0.2) is 13.4 Å². The topological polar surface area (TPSA) is 49.9 Å². The second-order valence-electron chi connectivity index (χ2n) is 3.18. The SMILES string of the molecule is Cc1[nH]c2cccc(Cl)c2c1S(=O)(=O)Cl. The van der Waals surface area contributed by atoms with E-state index in [1.165, 1.54) is 0 Å². The zero-order chi connectivity index (χ0) is 11.2. The van der Waals surface area contributed by atoms with Gasteiger partial charge in [-0.3, -0.25) is 0 Å². The van der Waals surface area contributed by atoms with E-state index in [1.54, 1.807) is 25.1 Å². The number of aryl methyl sites for hydroxylation is 1. The smallest absolute Gasteiger partial charge is 0.263 e. The van der Waals surface area contributed by atoms with Crippen molar-refractivity contribution in [2.45, 2.75) is 11.8 Å². The lowest BCUT2D eigenvalue weighted by Gasteiger charge is -1.97. The van der Waals surface area contributed by atoms with Gasteiger partial charge in [0.2, 0.25) is 0 Å². The van der Waals surface area contributed by atoms with E-state index >= 15 is 0 Å². The van der Waals surface area contributed by atoms with E-state index in [-0.39, 0.29) is 4.90 Å². The van der Waals surface area contributed by atoms with E-state index in [2.05, 4.69) is 4.98 Å². The molecule has 2 aromatic rings. The predicted molar refractivity (Wildman–Crippen MR) is 61.1 cm³/mol. The van der Waals surface area contributed by atoms with Crippen LogP contribution in [0.25, 0.3) is 10.9 Å². The van der Waals surface area contributed by atoms with Crippen LogP contribution in [0, 0.1) is 6.92 Å². The third-order valence-corrected chi connectivity index (χ3v) is 3.92. The first-order valence-corrected chi connectivity index (χ1v) is 6.81. The van der Waals surface area contributed by atoms with Crippen LogP contribution < -0.4 is 0 Å². The molecule has 1 aromatic heterocycles. The van der Waals surface area contributed by atoms with E-state index in [0.29, 0.717) is 21.6 Å². The summed E-state index contributed by atoms with van der Waals surface area (Å²) in [6.45, 7) is 1.64. The summed E-state index contributed by atoms with van der Waals surface area (Å²) < 4.78 is 22.7. The van der Waals surface area contributed by atoms with Gasteiger partial charge in [0.1, 0.15) is 4.90 Å². The summed E-state index contributed by atoms with van der Waals surface area (Å²) in [5.41, 5.74) is 1.16. The number of benzene rings is 1. The molecule has 0 aliphatic carbocycles. The number of rotatable bonds is 1. The fourth-order valence-corrected chi connectivity index (χ4v) is 3.39. The Balaban J connectivity index is 3.02. The van der Waals surface area contributed by atoms with E-state index in [4.69, 9.17) is 22.3 Å². The van der Waals surface area contributed by atoms with Crippen LogP contribution in [0.5, 0.6) is 0 Å². The van der Waals surface area contributed by atoms with Crippen LogP contribution >= 0.6 is 22.3 Å². The maximum atomic E-state index is 11.4. The van der Waals surface area contributed by atoms with Crippen molar-refractivity contribution in [1.29, 1.82) is 0 Å². The molecule has 0 amide bonds. The van der Waals surface area contributed by atoms with Crippen LogP contribution in [0.15, 0.2) is 23.1 Å². The van der Waals surface area contributed by atoms with Crippen LogP contribution in [-0.2, 0) is 9.05 Å². The summed E-state index contributed by atoms with van der Waals surface area (Å²) in [5.74, 6) is 0. The van der Waals surface area contributed by atoms with Crippen molar-refractivity contribution in [3.8, 4) is 0 Å². The summed E-state index contributed by atoms with van der Waals surface area (Å²) in [5, 5.41) is 0.822. The molecule has 2 rings (SSSR count). The first-order valence-electron chi connectivity index (χ1n) is 4.12. The molecule has 0 spiro atoms. The van der Waals surface area contributed by atoms with Gasteiger partial charge in [-0.1, -0.05) is 17.7 Å². The molecule has 0 aliphatic heterocycles. The minimum absolute atomic E-state index is 0.0600. The molecule has 80 valence electrons. The molecule has 15 heavy (non-hydrogen) atoms. The van der Waals surface area contributed by atoms with Crippen molar-refractivity contribution >= 4 is 42.2 Å². The Morgan fingerprint density at radius 1 is 1.33 bits per heavy atom. The molecular weight excluding hydrogens is 257 g/mol. The third-order valence-electron chi connectivity index (χ3n) is 2.15. The third kappa shape index (κ3) is 1.73. The first-order chi connectivity index (χ1) is 6.91. The monoisotopic (exact) mass is 263 g/mol. The van der Waals surface area contributed by atoms with Gasteiger partial charge in [0.05, 0.1) is 5.02 Å². The highest BCUT2D eigenvalue weighted by Gasteiger charge is 2.21. The van der Waals surface area contributed by atoms with Crippen LogP contribution in [0.4, 0.5) is 0 Å². The fourth-order valence-electron chi connectivity index (χ4n) is 1.61. The largest absolute Gasteiger partial charge is 0.357 e. The normalized spacial score (nSPS) is 12.2. The highest BCUT2D eigenvalue weighted by Crippen LogP contribution is 2.33. The van der Waals surface area contributed by atoms with Gasteiger partial charge in [0, 0.05) is 27.3 Å². The lowest BCUT2D eigenvalue weighted by Crippen LogP contribution is -1.91. The molecule has 0 saturated carbocycles. The molecule has 0 unspecified atom stereocenters. The Hall–Kier alpha value is -0.710. The minimum atomic E-state index is -3.78. The number of aromatic amines is 1. The number of fused-ring (bicyclic) bond motifs is 1. The summed E-state index contributed by atoms with van der Waals surface area (Å²) in [6.07, 6.45) is 0. The van der Waals surface area contributed by atoms with Gasteiger partial charge in [-0.15, -0.1) is 0 Å². The maximum Gasteiger partial charge on any atom is 0.263 e. The first kappa shape index (κ1) is 10.8. The average Bonchev–Trinajstić information content (AvgIpc) is 2.41. The molecule has 1 heterocycles. The molecule has 0 atom stereocenters. The zero-order valence-electron chi connectivity index (χ0n) is 7.71. The van der Waals surface area contributed by atoms with Gasteiger partial charge in [0.25, 0.3) is 9.05 Å². The van der Waals surface area contributed by atoms with E-state index < -0.39 is 9.05 Å². The Kier molecular flexibility index (Phi) is 2.45. The average molecular weight is 264 g/mol. The van der Waals surface area contributed by atoms with Crippen LogP contribution in [0.2, 0.25) is 5.02 Å². The van der Waals surface area contributed by atoms with Crippen molar-refractivity contribution in [3.05, 3.63) is 28.9 Å². The summed E-state index contributed by atoms with van der Waals surface area (Å²) >= 11 is 5.94. The number of halogens is 2. The number of H-pyrrole nitrogens is 1. The van der Waals surface area contributed by atoms with Gasteiger partial charge in [-0.25, -0.2) is 8.42 Å². The molecule has 3 nitrogen and oxygen atoms in total. The number of hydrogen-bond acceptors (Lipinski definition) is 2. The van der Waals surface area contributed by atoms with Crippen molar-refractivity contribution in [2.24, 2.45) is 0 Å². The predicted octanol–water partition coefficient (Wildman–Crippen LogP) is 3.06. The second-order valence-corrected chi connectivity index (χ2v) is 6.09. The van der Waals surface area contributed by atoms with Crippen molar-refractivity contribution in [1.82, 2.24) is 4.98 Å². The van der Waals surface area contributed by atoms with E-state index in [1.807, 2.05) is 0 Å². The highest BCUT2D eigenvalue weighted by molar-refractivity contribution is 8.14. The Bertz CT molecular complexity index is 631. The minimum Gasteiger partial charge on any atom is -0.357 e.